The second-order valence-electron chi connectivity index (χ2n) is 2.71. The largest absolute Gasteiger partial charge is 0.466 e. The van der Waals surface area contributed by atoms with Crippen molar-refractivity contribution in [2.24, 2.45) is 0 Å². The molecule has 0 aliphatic rings. The third-order valence-electron chi connectivity index (χ3n) is 1.29. The smallest absolute Gasteiger partial charge is 0.305 e. The van der Waals surface area contributed by atoms with Crippen LogP contribution in [0.5, 0.6) is 0 Å². The third kappa shape index (κ3) is 7.72. The third-order valence-corrected chi connectivity index (χ3v) is 2.50. The highest BCUT2D eigenvalue weighted by Crippen LogP contribution is 2.15. The molecule has 0 atom stereocenters. The SMILES string of the molecule is CCOC(=O)CCC[SH](C)C. The molecule has 2 nitrogen and oxygen atoms in total. The van der Waals surface area contributed by atoms with Crippen LogP contribution in [0, 0.1) is 0 Å². The highest BCUT2D eigenvalue weighted by molar-refractivity contribution is 8.15. The Labute approximate surface area is 71.7 Å². The lowest BCUT2D eigenvalue weighted by atomic mass is 10.3. The number of rotatable bonds is 5. The van der Waals surface area contributed by atoms with Gasteiger partial charge in [-0.1, -0.05) is 0 Å². The lowest BCUT2D eigenvalue weighted by Crippen LogP contribution is -2.04. The van der Waals surface area contributed by atoms with E-state index in [-0.39, 0.29) is 16.9 Å². The van der Waals surface area contributed by atoms with Crippen molar-refractivity contribution < 1.29 is 9.53 Å². The first kappa shape index (κ1) is 10.8. The Hall–Kier alpha value is -0.180. The lowest BCUT2D eigenvalue weighted by molar-refractivity contribution is -0.143. The molecule has 0 bridgehead atoms. The summed E-state index contributed by atoms with van der Waals surface area (Å²) in [7, 11) is 0.152. The van der Waals surface area contributed by atoms with Crippen LogP contribution in [0.25, 0.3) is 0 Å². The van der Waals surface area contributed by atoms with E-state index in [1.165, 1.54) is 5.75 Å². The summed E-state index contributed by atoms with van der Waals surface area (Å²) in [5.41, 5.74) is 0. The van der Waals surface area contributed by atoms with Crippen LogP contribution in [0.3, 0.4) is 0 Å². The van der Waals surface area contributed by atoms with Crippen LogP contribution >= 0.6 is 10.9 Å². The molecule has 0 fully saturated rings. The summed E-state index contributed by atoms with van der Waals surface area (Å²) in [4.78, 5) is 10.8. The fourth-order valence-electron chi connectivity index (χ4n) is 0.773. The van der Waals surface area contributed by atoms with E-state index in [9.17, 15) is 4.79 Å². The number of ether oxygens (including phenoxy) is 1. The van der Waals surface area contributed by atoms with Crippen LogP contribution in [0.4, 0.5) is 0 Å². The Morgan fingerprint density at radius 3 is 2.55 bits per heavy atom. The van der Waals surface area contributed by atoms with E-state index in [1.54, 1.807) is 0 Å². The molecule has 0 unspecified atom stereocenters. The summed E-state index contributed by atoms with van der Waals surface area (Å²) in [5.74, 6) is 1.12. The van der Waals surface area contributed by atoms with E-state index >= 15 is 0 Å². The van der Waals surface area contributed by atoms with Gasteiger partial charge in [-0.2, -0.15) is 0 Å². The predicted molar refractivity (Wildman–Crippen MR) is 51.6 cm³/mol. The summed E-state index contributed by atoms with van der Waals surface area (Å²) in [6, 6.07) is 0. The quantitative estimate of drug-likeness (QED) is 0.511. The number of esters is 1. The summed E-state index contributed by atoms with van der Waals surface area (Å²) >= 11 is 0. The van der Waals surface area contributed by atoms with Gasteiger partial charge in [0.05, 0.1) is 6.61 Å². The highest BCUT2D eigenvalue weighted by Gasteiger charge is 2.00. The fourth-order valence-corrected chi connectivity index (χ4v) is 1.56. The molecule has 0 N–H and O–H groups in total. The van der Waals surface area contributed by atoms with Crippen molar-refractivity contribution in [1.29, 1.82) is 0 Å². The zero-order chi connectivity index (χ0) is 8.69. The van der Waals surface area contributed by atoms with Gasteiger partial charge in [0.15, 0.2) is 0 Å². The summed E-state index contributed by atoms with van der Waals surface area (Å²) in [6.45, 7) is 2.34. The minimum Gasteiger partial charge on any atom is -0.466 e. The Morgan fingerprint density at radius 2 is 2.09 bits per heavy atom. The van der Waals surface area contributed by atoms with Crippen molar-refractivity contribution >= 4 is 16.9 Å². The maximum Gasteiger partial charge on any atom is 0.305 e. The monoisotopic (exact) mass is 178 g/mol. The summed E-state index contributed by atoms with van der Waals surface area (Å²) in [6.07, 6.45) is 6.02. The van der Waals surface area contributed by atoms with Crippen LogP contribution in [0.2, 0.25) is 0 Å². The molecular weight excluding hydrogens is 160 g/mol. The Bertz CT molecular complexity index is 113. The molecule has 0 aromatic carbocycles. The first-order valence-electron chi connectivity index (χ1n) is 3.97. The van der Waals surface area contributed by atoms with Crippen molar-refractivity contribution in [1.82, 2.24) is 0 Å². The van der Waals surface area contributed by atoms with Gasteiger partial charge in [-0.3, -0.25) is 15.7 Å². The number of hydrogen-bond acceptors (Lipinski definition) is 2. The molecule has 0 aliphatic heterocycles. The number of thiol groups is 1. The van der Waals surface area contributed by atoms with Gasteiger partial charge in [0, 0.05) is 6.42 Å². The van der Waals surface area contributed by atoms with E-state index in [2.05, 4.69) is 12.5 Å². The summed E-state index contributed by atoms with van der Waals surface area (Å²) < 4.78 is 4.79. The van der Waals surface area contributed by atoms with Gasteiger partial charge in [0.1, 0.15) is 0 Å². The van der Waals surface area contributed by atoms with Crippen LogP contribution in [0.15, 0.2) is 0 Å². The molecule has 0 saturated carbocycles. The molecule has 0 aromatic rings. The lowest BCUT2D eigenvalue weighted by Gasteiger charge is -2.07. The van der Waals surface area contributed by atoms with Crippen LogP contribution in [-0.4, -0.2) is 30.8 Å². The maximum absolute atomic E-state index is 10.8. The van der Waals surface area contributed by atoms with E-state index in [0.717, 1.165) is 6.42 Å². The minimum absolute atomic E-state index is 0.0515. The normalized spacial score (nSPS) is 11.0. The van der Waals surface area contributed by atoms with Crippen molar-refractivity contribution in [2.45, 2.75) is 19.8 Å². The highest BCUT2D eigenvalue weighted by atomic mass is 32.2. The molecule has 0 saturated heterocycles. The second-order valence-corrected chi connectivity index (χ2v) is 5.32. The van der Waals surface area contributed by atoms with E-state index in [1.807, 2.05) is 6.92 Å². The topological polar surface area (TPSA) is 26.3 Å². The molecule has 0 aromatic heterocycles. The molecular formula is C8H18O2S. The van der Waals surface area contributed by atoms with Gasteiger partial charge in [0.2, 0.25) is 0 Å². The van der Waals surface area contributed by atoms with Gasteiger partial charge >= 0.3 is 5.97 Å². The van der Waals surface area contributed by atoms with Gasteiger partial charge in [-0.25, -0.2) is 0 Å². The Balaban J connectivity index is 3.17. The fraction of sp³-hybridized carbons (Fsp3) is 0.875. The maximum atomic E-state index is 10.8. The molecule has 11 heavy (non-hydrogen) atoms. The molecule has 68 valence electrons. The predicted octanol–water partition coefficient (Wildman–Crippen LogP) is 1.59. The Morgan fingerprint density at radius 1 is 1.45 bits per heavy atom. The van der Waals surface area contributed by atoms with Crippen molar-refractivity contribution in [3.8, 4) is 0 Å². The standard InChI is InChI=1S/C8H18O2S/c1-4-10-8(9)6-5-7-11(2)3/h11H,4-7H2,1-3H3. The van der Waals surface area contributed by atoms with Gasteiger partial charge < -0.3 is 4.74 Å². The van der Waals surface area contributed by atoms with Crippen molar-refractivity contribution in [3.05, 3.63) is 0 Å². The molecule has 0 heterocycles. The van der Waals surface area contributed by atoms with Crippen LogP contribution in [-0.2, 0) is 9.53 Å². The zero-order valence-electron chi connectivity index (χ0n) is 7.59. The second kappa shape index (κ2) is 6.53. The van der Waals surface area contributed by atoms with Crippen molar-refractivity contribution in [2.75, 3.05) is 24.9 Å². The van der Waals surface area contributed by atoms with E-state index < -0.39 is 0 Å². The van der Waals surface area contributed by atoms with Gasteiger partial charge in [0.25, 0.3) is 0 Å². The summed E-state index contributed by atoms with van der Waals surface area (Å²) in [5, 5.41) is 0. The number of carbonyl (C=O) groups is 1. The molecule has 3 heteroatoms. The molecule has 0 radical (unpaired) electrons. The average molecular weight is 178 g/mol. The molecule has 0 amide bonds. The average Bonchev–Trinajstić information content (AvgIpc) is 1.87. The van der Waals surface area contributed by atoms with Gasteiger partial charge in [-0.05, 0) is 31.6 Å². The van der Waals surface area contributed by atoms with E-state index in [0.29, 0.717) is 13.0 Å². The first-order valence-corrected chi connectivity index (χ1v) is 6.39. The zero-order valence-corrected chi connectivity index (χ0v) is 8.49. The molecule has 0 rings (SSSR count). The van der Waals surface area contributed by atoms with Crippen LogP contribution in [0.1, 0.15) is 19.8 Å². The molecule has 0 aliphatic carbocycles. The Kier molecular flexibility index (Phi) is 6.42. The van der Waals surface area contributed by atoms with Crippen molar-refractivity contribution in [3.63, 3.8) is 0 Å². The number of carbonyl (C=O) groups excluding carboxylic acids is 1. The number of hydrogen-bond donors (Lipinski definition) is 1. The van der Waals surface area contributed by atoms with Gasteiger partial charge in [-0.15, -0.1) is 0 Å². The molecule has 0 spiro atoms. The minimum atomic E-state index is -0.0515. The first-order chi connectivity index (χ1) is 5.16. The van der Waals surface area contributed by atoms with E-state index in [4.69, 9.17) is 4.74 Å². The van der Waals surface area contributed by atoms with Crippen LogP contribution < -0.4 is 0 Å².